The molecule has 0 bridgehead atoms. The first-order chi connectivity index (χ1) is 27.3. The van der Waals surface area contributed by atoms with Crippen molar-refractivity contribution in [2.24, 2.45) is 0 Å². The molecular formula is C52H33NOS. The Bertz CT molecular complexity index is 3240. The molecule has 258 valence electrons. The van der Waals surface area contributed by atoms with Crippen molar-refractivity contribution in [2.75, 3.05) is 4.90 Å². The number of rotatable bonds is 6. The molecule has 55 heavy (non-hydrogen) atoms. The third-order valence-electron chi connectivity index (χ3n) is 10.9. The molecule has 0 saturated carbocycles. The molecular weight excluding hydrogens is 687 g/mol. The fourth-order valence-corrected chi connectivity index (χ4v) is 9.46. The monoisotopic (exact) mass is 719 g/mol. The van der Waals surface area contributed by atoms with Gasteiger partial charge >= 0.3 is 0 Å². The molecule has 0 unspecified atom stereocenters. The van der Waals surface area contributed by atoms with Crippen LogP contribution < -0.4 is 4.90 Å². The van der Waals surface area contributed by atoms with E-state index in [1.807, 2.05) is 23.5 Å². The summed E-state index contributed by atoms with van der Waals surface area (Å²) in [5.74, 6) is 0. The molecule has 0 spiro atoms. The van der Waals surface area contributed by atoms with Gasteiger partial charge in [0.15, 0.2) is 0 Å². The van der Waals surface area contributed by atoms with Crippen LogP contribution in [0.2, 0.25) is 0 Å². The molecule has 0 atom stereocenters. The number of benzene rings is 9. The topological polar surface area (TPSA) is 16.4 Å². The molecule has 2 nitrogen and oxygen atoms in total. The summed E-state index contributed by atoms with van der Waals surface area (Å²) in [4.78, 5) is 2.42. The predicted molar refractivity (Wildman–Crippen MR) is 235 cm³/mol. The van der Waals surface area contributed by atoms with Crippen LogP contribution >= 0.6 is 11.3 Å². The molecule has 11 aromatic rings. The van der Waals surface area contributed by atoms with Crippen molar-refractivity contribution in [2.45, 2.75) is 0 Å². The van der Waals surface area contributed by atoms with Gasteiger partial charge in [0.1, 0.15) is 11.2 Å². The van der Waals surface area contributed by atoms with E-state index in [1.165, 1.54) is 53.2 Å². The molecule has 2 heterocycles. The summed E-state index contributed by atoms with van der Waals surface area (Å²) in [5, 5.41) is 7.28. The van der Waals surface area contributed by atoms with Gasteiger partial charge < -0.3 is 9.32 Å². The van der Waals surface area contributed by atoms with Crippen LogP contribution in [0.4, 0.5) is 17.1 Å². The molecule has 2 aromatic heterocycles. The van der Waals surface area contributed by atoms with Gasteiger partial charge in [-0.05, 0) is 81.6 Å². The smallest absolute Gasteiger partial charge is 0.137 e. The van der Waals surface area contributed by atoms with E-state index in [4.69, 9.17) is 4.42 Å². The van der Waals surface area contributed by atoms with E-state index < -0.39 is 0 Å². The zero-order valence-electron chi connectivity index (χ0n) is 29.8. The molecule has 3 heteroatoms. The Hall–Kier alpha value is -6.94. The lowest BCUT2D eigenvalue weighted by atomic mass is 9.90. The van der Waals surface area contributed by atoms with Gasteiger partial charge in [0.25, 0.3) is 0 Å². The van der Waals surface area contributed by atoms with Crippen molar-refractivity contribution in [1.29, 1.82) is 0 Å². The lowest BCUT2D eigenvalue weighted by Gasteiger charge is -2.30. The first-order valence-corrected chi connectivity index (χ1v) is 19.5. The van der Waals surface area contributed by atoms with Gasteiger partial charge in [-0.3, -0.25) is 0 Å². The quantitative estimate of drug-likeness (QED) is 0.170. The van der Waals surface area contributed by atoms with Gasteiger partial charge in [-0.2, -0.15) is 0 Å². The number of hydrogen-bond acceptors (Lipinski definition) is 3. The summed E-state index contributed by atoms with van der Waals surface area (Å²) in [6.45, 7) is 0. The van der Waals surface area contributed by atoms with Gasteiger partial charge in [-0.15, -0.1) is 11.3 Å². The maximum absolute atomic E-state index is 6.52. The van der Waals surface area contributed by atoms with Gasteiger partial charge in [-0.1, -0.05) is 146 Å². The number of thiophene rings is 1. The van der Waals surface area contributed by atoms with E-state index in [2.05, 4.69) is 193 Å². The van der Waals surface area contributed by atoms with Crippen LogP contribution in [0.5, 0.6) is 0 Å². The highest BCUT2D eigenvalue weighted by atomic mass is 32.1. The molecule has 9 aromatic carbocycles. The van der Waals surface area contributed by atoms with Crippen molar-refractivity contribution in [3.8, 4) is 33.4 Å². The Kier molecular flexibility index (Phi) is 7.39. The van der Waals surface area contributed by atoms with E-state index in [1.54, 1.807) is 0 Å². The highest BCUT2D eigenvalue weighted by Gasteiger charge is 2.23. The maximum atomic E-state index is 6.52. The fourth-order valence-electron chi connectivity index (χ4n) is 8.38. The summed E-state index contributed by atoms with van der Waals surface area (Å²) in [6.07, 6.45) is 0. The number of hydrogen-bond donors (Lipinski definition) is 0. The van der Waals surface area contributed by atoms with Crippen molar-refractivity contribution < 1.29 is 4.42 Å². The van der Waals surface area contributed by atoms with E-state index in [-0.39, 0.29) is 0 Å². The molecule has 0 fully saturated rings. The Balaban J connectivity index is 1.17. The normalized spacial score (nSPS) is 11.6. The second-order valence-electron chi connectivity index (χ2n) is 14.0. The van der Waals surface area contributed by atoms with Crippen molar-refractivity contribution in [3.05, 3.63) is 200 Å². The third kappa shape index (κ3) is 5.24. The summed E-state index contributed by atoms with van der Waals surface area (Å²) < 4.78 is 9.12. The largest absolute Gasteiger partial charge is 0.456 e. The summed E-state index contributed by atoms with van der Waals surface area (Å²) in [6, 6.07) is 72.3. The van der Waals surface area contributed by atoms with Gasteiger partial charge in [-0.25, -0.2) is 0 Å². The van der Waals surface area contributed by atoms with Crippen molar-refractivity contribution in [1.82, 2.24) is 0 Å². The molecule has 0 amide bonds. The Morgan fingerprint density at radius 1 is 0.345 bits per heavy atom. The molecule has 0 aliphatic carbocycles. The third-order valence-corrected chi connectivity index (χ3v) is 12.0. The van der Waals surface area contributed by atoms with Crippen LogP contribution in [0, 0.1) is 0 Å². The van der Waals surface area contributed by atoms with Crippen LogP contribution in [0.25, 0.3) is 86.3 Å². The van der Waals surface area contributed by atoms with Crippen LogP contribution in [0.15, 0.2) is 205 Å². The van der Waals surface area contributed by atoms with Crippen LogP contribution in [-0.2, 0) is 0 Å². The summed E-state index contributed by atoms with van der Waals surface area (Å²) >= 11 is 1.85. The van der Waals surface area contributed by atoms with E-state index in [0.717, 1.165) is 50.1 Å². The molecule has 0 aliphatic rings. The number of para-hydroxylation sites is 3. The first-order valence-electron chi connectivity index (χ1n) is 18.7. The highest BCUT2D eigenvalue weighted by Crippen LogP contribution is 2.48. The lowest BCUT2D eigenvalue weighted by molar-refractivity contribution is 0.669. The molecule has 0 saturated heterocycles. The minimum atomic E-state index is 0.862. The van der Waals surface area contributed by atoms with E-state index >= 15 is 0 Å². The van der Waals surface area contributed by atoms with Gasteiger partial charge in [0, 0.05) is 53.8 Å². The standard InChI is InChI=1S/C52H33NOS/c1-2-16-37-34(14-1)15-13-23-39(37)40-18-3-4-19-41(40)42-20-6-10-25-48(42)53(36-29-30-44-43-21-7-11-26-49(43)54-50(44)33-36)47-24-9-5-17-38(47)35-28-31-52-46(32-35)45-22-8-12-27-51(45)55-52/h1-33H. The van der Waals surface area contributed by atoms with Crippen molar-refractivity contribution in [3.63, 3.8) is 0 Å². The van der Waals surface area contributed by atoms with E-state index in [9.17, 15) is 0 Å². The molecule has 0 N–H and O–H groups in total. The maximum Gasteiger partial charge on any atom is 0.137 e. The van der Waals surface area contributed by atoms with Crippen LogP contribution in [-0.4, -0.2) is 0 Å². The van der Waals surface area contributed by atoms with Crippen molar-refractivity contribution >= 4 is 81.3 Å². The minimum Gasteiger partial charge on any atom is -0.456 e. The Labute approximate surface area is 322 Å². The SMILES string of the molecule is c1ccc(-c2cccc3ccccc23)c(-c2ccccc2N(c2ccc3c(c2)oc2ccccc23)c2ccccc2-c2ccc3sc4ccccc4c3c2)c1. The Morgan fingerprint density at radius 3 is 1.78 bits per heavy atom. The predicted octanol–water partition coefficient (Wildman–Crippen LogP) is 15.6. The average Bonchev–Trinajstić information content (AvgIpc) is 3.82. The average molecular weight is 720 g/mol. The molecule has 11 rings (SSSR count). The number of anilines is 3. The van der Waals surface area contributed by atoms with Crippen LogP contribution in [0.1, 0.15) is 0 Å². The summed E-state index contributed by atoms with van der Waals surface area (Å²) in [5.41, 5.74) is 12.0. The number of fused-ring (bicyclic) bond motifs is 7. The van der Waals surface area contributed by atoms with E-state index in [0.29, 0.717) is 0 Å². The highest BCUT2D eigenvalue weighted by molar-refractivity contribution is 7.25. The molecule has 0 radical (unpaired) electrons. The summed E-state index contributed by atoms with van der Waals surface area (Å²) in [7, 11) is 0. The second kappa shape index (κ2) is 12.9. The zero-order valence-corrected chi connectivity index (χ0v) is 30.6. The Morgan fingerprint density at radius 2 is 0.927 bits per heavy atom. The van der Waals surface area contributed by atoms with Gasteiger partial charge in [0.2, 0.25) is 0 Å². The minimum absolute atomic E-state index is 0.862. The zero-order chi connectivity index (χ0) is 36.3. The lowest BCUT2D eigenvalue weighted by Crippen LogP contribution is -2.12. The molecule has 0 aliphatic heterocycles. The number of furan rings is 1. The second-order valence-corrected chi connectivity index (χ2v) is 15.1. The van der Waals surface area contributed by atoms with Gasteiger partial charge in [0.05, 0.1) is 11.4 Å². The van der Waals surface area contributed by atoms with Crippen LogP contribution in [0.3, 0.4) is 0 Å². The first kappa shape index (κ1) is 31.6. The fraction of sp³-hybridized carbons (Fsp3) is 0. The number of nitrogens with zero attached hydrogens (tertiary/aromatic N) is 1.